The predicted octanol–water partition coefficient (Wildman–Crippen LogP) is 1.79. The van der Waals surface area contributed by atoms with Crippen LogP contribution in [0.4, 0.5) is 5.13 Å². The van der Waals surface area contributed by atoms with Crippen molar-refractivity contribution in [3.8, 4) is 0 Å². The number of thiazole rings is 1. The number of carbonyl (C=O) groups excluding carboxylic acids is 1. The van der Waals surface area contributed by atoms with Gasteiger partial charge in [-0.25, -0.2) is 9.78 Å². The fourth-order valence-corrected chi connectivity index (χ4v) is 3.19. The van der Waals surface area contributed by atoms with E-state index in [9.17, 15) is 9.90 Å². The normalized spacial score (nSPS) is 24.1. The highest BCUT2D eigenvalue weighted by Crippen LogP contribution is 2.32. The zero-order valence-electron chi connectivity index (χ0n) is 10.2. The number of methoxy groups -OCH3 is 1. The summed E-state index contributed by atoms with van der Waals surface area (Å²) in [6, 6.07) is 0. The van der Waals surface area contributed by atoms with Crippen molar-refractivity contribution in [3.63, 3.8) is 0 Å². The van der Waals surface area contributed by atoms with Gasteiger partial charge in [0.15, 0.2) is 15.2 Å². The Morgan fingerprint density at radius 2 is 2.39 bits per heavy atom. The molecule has 0 aromatic carbocycles. The Morgan fingerprint density at radius 1 is 1.67 bits per heavy atom. The summed E-state index contributed by atoms with van der Waals surface area (Å²) < 4.78 is 4.64. The first-order chi connectivity index (χ1) is 8.52. The van der Waals surface area contributed by atoms with Gasteiger partial charge in [0, 0.05) is 13.1 Å². The van der Waals surface area contributed by atoms with E-state index in [2.05, 4.69) is 9.72 Å². The van der Waals surface area contributed by atoms with E-state index in [0.29, 0.717) is 23.0 Å². The second-order valence-electron chi connectivity index (χ2n) is 4.39. The Morgan fingerprint density at radius 3 is 3.00 bits per heavy atom. The maximum atomic E-state index is 11.5. The Balaban J connectivity index is 2.17. The van der Waals surface area contributed by atoms with Gasteiger partial charge in [0.2, 0.25) is 0 Å². The number of esters is 1. The lowest BCUT2D eigenvalue weighted by Crippen LogP contribution is -2.41. The maximum absolute atomic E-state index is 11.5. The molecular formula is C11H15ClN2O3S. The highest BCUT2D eigenvalue weighted by Gasteiger charge is 2.27. The first-order valence-corrected chi connectivity index (χ1v) is 6.90. The minimum Gasteiger partial charge on any atom is -0.465 e. The molecule has 2 rings (SSSR count). The fourth-order valence-electron chi connectivity index (χ4n) is 1.95. The molecule has 0 radical (unpaired) electrons. The van der Waals surface area contributed by atoms with Crippen molar-refractivity contribution in [1.29, 1.82) is 0 Å². The molecule has 2 atom stereocenters. The second-order valence-corrected chi connectivity index (χ2v) is 5.72. The van der Waals surface area contributed by atoms with Gasteiger partial charge in [0.25, 0.3) is 0 Å². The summed E-state index contributed by atoms with van der Waals surface area (Å²) in [5.74, 6) is -0.281. The van der Waals surface area contributed by atoms with E-state index >= 15 is 0 Å². The van der Waals surface area contributed by atoms with Crippen LogP contribution in [0.5, 0.6) is 0 Å². The van der Waals surface area contributed by atoms with E-state index in [1.165, 1.54) is 18.4 Å². The summed E-state index contributed by atoms with van der Waals surface area (Å²) >= 11 is 7.15. The summed E-state index contributed by atoms with van der Waals surface area (Å²) in [4.78, 5) is 18.0. The van der Waals surface area contributed by atoms with Crippen LogP contribution in [0.15, 0.2) is 0 Å². The Bertz CT molecular complexity index is 451. The average molecular weight is 291 g/mol. The van der Waals surface area contributed by atoms with Crippen LogP contribution in [0, 0.1) is 5.92 Å². The molecule has 18 heavy (non-hydrogen) atoms. The second kappa shape index (κ2) is 5.42. The van der Waals surface area contributed by atoms with Gasteiger partial charge in [0.05, 0.1) is 13.2 Å². The highest BCUT2D eigenvalue weighted by molar-refractivity contribution is 7.18. The van der Waals surface area contributed by atoms with Crippen LogP contribution < -0.4 is 4.90 Å². The van der Waals surface area contributed by atoms with Gasteiger partial charge in [-0.05, 0) is 12.3 Å². The number of halogens is 1. The van der Waals surface area contributed by atoms with Crippen molar-refractivity contribution in [3.05, 3.63) is 10.0 Å². The maximum Gasteiger partial charge on any atom is 0.351 e. The lowest BCUT2D eigenvalue weighted by Gasteiger charge is -2.34. The van der Waals surface area contributed by atoms with Gasteiger partial charge in [0.1, 0.15) is 0 Å². The quantitative estimate of drug-likeness (QED) is 0.842. The minimum atomic E-state index is -0.464. The number of hydrogen-bond donors (Lipinski definition) is 1. The van der Waals surface area contributed by atoms with Crippen molar-refractivity contribution >= 4 is 34.0 Å². The Hall–Kier alpha value is -0.850. The number of carbonyl (C=O) groups is 1. The molecule has 0 aliphatic carbocycles. The number of aromatic nitrogens is 1. The monoisotopic (exact) mass is 290 g/mol. The number of anilines is 1. The molecule has 1 aliphatic heterocycles. The topological polar surface area (TPSA) is 62.7 Å². The molecule has 2 unspecified atom stereocenters. The molecule has 0 amide bonds. The van der Waals surface area contributed by atoms with E-state index in [1.54, 1.807) is 0 Å². The summed E-state index contributed by atoms with van der Waals surface area (Å²) in [5, 5.41) is 10.6. The molecule has 1 N–H and O–H groups in total. The molecule has 1 fully saturated rings. The SMILES string of the molecule is COC(=O)c1sc(N2CCC(O)C(C)C2)nc1Cl. The van der Waals surface area contributed by atoms with Crippen molar-refractivity contribution < 1.29 is 14.6 Å². The molecule has 7 heteroatoms. The van der Waals surface area contributed by atoms with Crippen LogP contribution >= 0.6 is 22.9 Å². The fraction of sp³-hybridized carbons (Fsp3) is 0.636. The van der Waals surface area contributed by atoms with E-state index in [4.69, 9.17) is 11.6 Å². The first kappa shape index (κ1) is 13.6. The molecule has 2 heterocycles. The predicted molar refractivity (Wildman–Crippen MR) is 70.5 cm³/mol. The van der Waals surface area contributed by atoms with Crippen molar-refractivity contribution in [2.45, 2.75) is 19.4 Å². The standard InChI is InChI=1S/C11H15ClN2O3S/c1-6-5-14(4-3-7(6)15)11-13-9(12)8(18-11)10(16)17-2/h6-7,15H,3-5H2,1-2H3. The summed E-state index contributed by atoms with van der Waals surface area (Å²) in [5.41, 5.74) is 0. The number of hydrogen-bond acceptors (Lipinski definition) is 6. The lowest BCUT2D eigenvalue weighted by molar-refractivity contribution is 0.0606. The molecule has 0 bridgehead atoms. The Labute approximate surface area is 114 Å². The van der Waals surface area contributed by atoms with Crippen LogP contribution in [-0.2, 0) is 4.74 Å². The van der Waals surface area contributed by atoms with Crippen LogP contribution in [0.2, 0.25) is 5.15 Å². The molecule has 1 aromatic rings. The van der Waals surface area contributed by atoms with Gasteiger partial charge in [-0.2, -0.15) is 0 Å². The minimum absolute atomic E-state index is 0.181. The molecule has 0 spiro atoms. The van der Waals surface area contributed by atoms with Crippen molar-refractivity contribution in [2.24, 2.45) is 5.92 Å². The Kier molecular flexibility index (Phi) is 4.09. The summed E-state index contributed by atoms with van der Waals surface area (Å²) in [6.07, 6.45) is 0.433. The molecule has 100 valence electrons. The third kappa shape index (κ3) is 2.60. The highest BCUT2D eigenvalue weighted by atomic mass is 35.5. The molecule has 1 aliphatic rings. The smallest absolute Gasteiger partial charge is 0.351 e. The zero-order valence-corrected chi connectivity index (χ0v) is 11.8. The van der Waals surface area contributed by atoms with Crippen molar-refractivity contribution in [2.75, 3.05) is 25.1 Å². The molecule has 5 nitrogen and oxygen atoms in total. The number of ether oxygens (including phenoxy) is 1. The lowest BCUT2D eigenvalue weighted by atomic mass is 9.97. The van der Waals surface area contributed by atoms with E-state index in [-0.39, 0.29) is 17.2 Å². The van der Waals surface area contributed by atoms with E-state index < -0.39 is 5.97 Å². The third-order valence-corrected chi connectivity index (χ3v) is 4.56. The van der Waals surface area contributed by atoms with E-state index in [1.807, 2.05) is 11.8 Å². The van der Waals surface area contributed by atoms with Gasteiger partial charge < -0.3 is 14.7 Å². The van der Waals surface area contributed by atoms with Crippen LogP contribution in [0.1, 0.15) is 23.0 Å². The molecular weight excluding hydrogens is 276 g/mol. The molecule has 1 saturated heterocycles. The third-order valence-electron chi connectivity index (χ3n) is 3.08. The number of piperidine rings is 1. The zero-order chi connectivity index (χ0) is 13.3. The molecule has 0 saturated carbocycles. The van der Waals surface area contributed by atoms with Crippen molar-refractivity contribution in [1.82, 2.24) is 4.98 Å². The summed E-state index contributed by atoms with van der Waals surface area (Å²) in [7, 11) is 1.32. The van der Waals surface area contributed by atoms with Gasteiger partial charge in [-0.1, -0.05) is 29.9 Å². The number of aliphatic hydroxyl groups is 1. The number of nitrogens with zero attached hydrogens (tertiary/aromatic N) is 2. The first-order valence-electron chi connectivity index (χ1n) is 5.70. The van der Waals surface area contributed by atoms with Gasteiger partial charge in [-0.15, -0.1) is 0 Å². The van der Waals surface area contributed by atoms with Gasteiger partial charge in [-0.3, -0.25) is 0 Å². The van der Waals surface area contributed by atoms with Crippen LogP contribution in [0.25, 0.3) is 0 Å². The largest absolute Gasteiger partial charge is 0.465 e. The molecule has 1 aromatic heterocycles. The van der Waals surface area contributed by atoms with E-state index in [0.717, 1.165) is 6.54 Å². The summed E-state index contributed by atoms with van der Waals surface area (Å²) in [6.45, 7) is 3.43. The average Bonchev–Trinajstić information content (AvgIpc) is 2.74. The van der Waals surface area contributed by atoms with Crippen LogP contribution in [-0.4, -0.2) is 42.4 Å². The number of aliphatic hydroxyl groups excluding tert-OH is 1. The number of rotatable bonds is 2. The van der Waals surface area contributed by atoms with Gasteiger partial charge >= 0.3 is 5.97 Å². The van der Waals surface area contributed by atoms with Crippen LogP contribution in [0.3, 0.4) is 0 Å².